The molecule has 0 unspecified atom stereocenters. The summed E-state index contributed by atoms with van der Waals surface area (Å²) in [4.78, 5) is 12.4. The first-order chi connectivity index (χ1) is 10.6. The lowest BCUT2D eigenvalue weighted by atomic mass is 10.0. The maximum absolute atomic E-state index is 12.4. The second kappa shape index (κ2) is 6.24. The summed E-state index contributed by atoms with van der Waals surface area (Å²) in [5.74, 6) is 2.23. The summed E-state index contributed by atoms with van der Waals surface area (Å²) in [6, 6.07) is 5.97. The van der Waals surface area contributed by atoms with Crippen molar-refractivity contribution in [2.24, 2.45) is 0 Å². The Morgan fingerprint density at radius 2 is 2.09 bits per heavy atom. The first kappa shape index (κ1) is 15.3. The normalized spacial score (nSPS) is 14.3. The molecule has 5 heteroatoms. The van der Waals surface area contributed by atoms with Crippen LogP contribution in [0.2, 0.25) is 0 Å². The van der Waals surface area contributed by atoms with Gasteiger partial charge < -0.3 is 4.57 Å². The van der Waals surface area contributed by atoms with Crippen molar-refractivity contribution in [2.75, 3.05) is 5.75 Å². The molecule has 0 atom stereocenters. The molecular formula is C17H21N3OS. The van der Waals surface area contributed by atoms with E-state index in [0.717, 1.165) is 28.7 Å². The van der Waals surface area contributed by atoms with E-state index >= 15 is 0 Å². The lowest BCUT2D eigenvalue weighted by molar-refractivity contribution is 0.102. The van der Waals surface area contributed by atoms with E-state index in [4.69, 9.17) is 0 Å². The SMILES string of the molecule is CCn1c(SCC(=O)c2ccc(C)cc2C)nnc1C1CC1. The van der Waals surface area contributed by atoms with Gasteiger partial charge in [0.2, 0.25) is 0 Å². The van der Waals surface area contributed by atoms with Crippen molar-refractivity contribution in [3.05, 3.63) is 40.7 Å². The topological polar surface area (TPSA) is 47.8 Å². The molecule has 0 saturated heterocycles. The summed E-state index contributed by atoms with van der Waals surface area (Å²) in [7, 11) is 0. The maximum atomic E-state index is 12.4. The van der Waals surface area contributed by atoms with Crippen LogP contribution in [0.25, 0.3) is 0 Å². The number of thioether (sulfide) groups is 1. The fourth-order valence-corrected chi connectivity index (χ4v) is 3.57. The van der Waals surface area contributed by atoms with Gasteiger partial charge in [0.15, 0.2) is 10.9 Å². The summed E-state index contributed by atoms with van der Waals surface area (Å²) in [6.07, 6.45) is 2.43. The quantitative estimate of drug-likeness (QED) is 0.601. The van der Waals surface area contributed by atoms with Gasteiger partial charge in [0.25, 0.3) is 0 Å². The number of aryl methyl sites for hydroxylation is 2. The predicted molar refractivity (Wildman–Crippen MR) is 88.6 cm³/mol. The molecule has 1 aliphatic rings. The van der Waals surface area contributed by atoms with E-state index < -0.39 is 0 Å². The van der Waals surface area contributed by atoms with Gasteiger partial charge in [0, 0.05) is 18.0 Å². The van der Waals surface area contributed by atoms with Crippen molar-refractivity contribution in [3.63, 3.8) is 0 Å². The second-order valence-electron chi connectivity index (χ2n) is 5.89. The molecule has 1 aliphatic carbocycles. The Labute approximate surface area is 135 Å². The first-order valence-electron chi connectivity index (χ1n) is 7.76. The van der Waals surface area contributed by atoms with Crippen LogP contribution in [0.3, 0.4) is 0 Å². The molecule has 3 rings (SSSR count). The average molecular weight is 315 g/mol. The fourth-order valence-electron chi connectivity index (χ4n) is 2.68. The Hall–Kier alpha value is -1.62. The third-order valence-electron chi connectivity index (χ3n) is 4.02. The number of carbonyl (C=O) groups excluding carboxylic acids is 1. The number of hydrogen-bond donors (Lipinski definition) is 0. The molecular weight excluding hydrogens is 294 g/mol. The van der Waals surface area contributed by atoms with Crippen LogP contribution >= 0.6 is 11.8 Å². The minimum atomic E-state index is 0.154. The summed E-state index contributed by atoms with van der Waals surface area (Å²) in [5.41, 5.74) is 3.03. The highest BCUT2D eigenvalue weighted by Crippen LogP contribution is 2.40. The Balaban J connectivity index is 1.70. The van der Waals surface area contributed by atoms with Crippen LogP contribution in [-0.4, -0.2) is 26.3 Å². The van der Waals surface area contributed by atoms with E-state index in [-0.39, 0.29) is 5.78 Å². The van der Waals surface area contributed by atoms with E-state index in [0.29, 0.717) is 11.7 Å². The number of benzene rings is 1. The van der Waals surface area contributed by atoms with Crippen LogP contribution in [0, 0.1) is 13.8 Å². The molecule has 0 spiro atoms. The Morgan fingerprint density at radius 3 is 2.73 bits per heavy atom. The van der Waals surface area contributed by atoms with Gasteiger partial charge in [-0.1, -0.05) is 35.5 Å². The fraction of sp³-hybridized carbons (Fsp3) is 0.471. The molecule has 1 saturated carbocycles. The van der Waals surface area contributed by atoms with Crippen molar-refractivity contribution in [3.8, 4) is 0 Å². The maximum Gasteiger partial charge on any atom is 0.191 e. The third-order valence-corrected chi connectivity index (χ3v) is 4.99. The number of carbonyl (C=O) groups is 1. The average Bonchev–Trinajstić information content (AvgIpc) is 3.25. The zero-order valence-electron chi connectivity index (χ0n) is 13.3. The van der Waals surface area contributed by atoms with Crippen molar-refractivity contribution in [2.45, 2.75) is 51.2 Å². The Bertz CT molecular complexity index is 704. The highest BCUT2D eigenvalue weighted by atomic mass is 32.2. The van der Waals surface area contributed by atoms with E-state index in [1.165, 1.54) is 30.2 Å². The van der Waals surface area contributed by atoms with E-state index in [2.05, 4.69) is 27.8 Å². The van der Waals surface area contributed by atoms with Crippen molar-refractivity contribution in [1.82, 2.24) is 14.8 Å². The van der Waals surface area contributed by atoms with Crippen LogP contribution < -0.4 is 0 Å². The number of rotatable bonds is 6. The molecule has 0 N–H and O–H groups in total. The van der Waals surface area contributed by atoms with Crippen molar-refractivity contribution < 1.29 is 4.79 Å². The number of hydrogen-bond acceptors (Lipinski definition) is 4. The highest BCUT2D eigenvalue weighted by Gasteiger charge is 2.30. The van der Waals surface area contributed by atoms with Crippen molar-refractivity contribution >= 4 is 17.5 Å². The van der Waals surface area contributed by atoms with E-state index in [9.17, 15) is 4.79 Å². The molecule has 0 amide bonds. The first-order valence-corrected chi connectivity index (χ1v) is 8.75. The molecule has 0 radical (unpaired) electrons. The molecule has 1 heterocycles. The van der Waals surface area contributed by atoms with Crippen LogP contribution in [0.15, 0.2) is 23.4 Å². The lowest BCUT2D eigenvalue weighted by Crippen LogP contribution is -2.07. The molecule has 22 heavy (non-hydrogen) atoms. The summed E-state index contributed by atoms with van der Waals surface area (Å²) in [6.45, 7) is 6.99. The van der Waals surface area contributed by atoms with Gasteiger partial charge in [-0.2, -0.15) is 0 Å². The molecule has 4 nitrogen and oxygen atoms in total. The van der Waals surface area contributed by atoms with Crippen LogP contribution in [0.5, 0.6) is 0 Å². The van der Waals surface area contributed by atoms with E-state index in [1.54, 1.807) is 0 Å². The van der Waals surface area contributed by atoms with Gasteiger partial charge in [-0.25, -0.2) is 0 Å². The minimum absolute atomic E-state index is 0.154. The smallest absolute Gasteiger partial charge is 0.191 e. The molecule has 1 aromatic carbocycles. The molecule has 2 aromatic rings. The number of ketones is 1. The van der Waals surface area contributed by atoms with Crippen LogP contribution in [0.1, 0.15) is 53.0 Å². The van der Waals surface area contributed by atoms with Gasteiger partial charge in [-0.3, -0.25) is 4.79 Å². The zero-order chi connectivity index (χ0) is 15.7. The van der Waals surface area contributed by atoms with Gasteiger partial charge in [0.05, 0.1) is 5.75 Å². The zero-order valence-corrected chi connectivity index (χ0v) is 14.1. The third kappa shape index (κ3) is 3.09. The van der Waals surface area contributed by atoms with Gasteiger partial charge in [-0.15, -0.1) is 10.2 Å². The second-order valence-corrected chi connectivity index (χ2v) is 6.83. The van der Waals surface area contributed by atoms with Gasteiger partial charge >= 0.3 is 0 Å². The highest BCUT2D eigenvalue weighted by molar-refractivity contribution is 7.99. The molecule has 1 fully saturated rings. The molecule has 1 aromatic heterocycles. The number of nitrogens with zero attached hydrogens (tertiary/aromatic N) is 3. The standard InChI is InChI=1S/C17H21N3OS/c1-4-20-16(13-6-7-13)18-19-17(20)22-10-15(21)14-8-5-11(2)9-12(14)3/h5,8-9,13H,4,6-7,10H2,1-3H3. The lowest BCUT2D eigenvalue weighted by Gasteiger charge is -2.07. The van der Waals surface area contributed by atoms with Crippen LogP contribution in [-0.2, 0) is 6.54 Å². The number of Topliss-reactive ketones (excluding diaryl/α,β-unsaturated/α-hetero) is 1. The summed E-state index contributed by atoms with van der Waals surface area (Å²) < 4.78 is 2.15. The Morgan fingerprint density at radius 1 is 1.32 bits per heavy atom. The minimum Gasteiger partial charge on any atom is -0.306 e. The summed E-state index contributed by atoms with van der Waals surface area (Å²) >= 11 is 1.49. The van der Waals surface area contributed by atoms with Crippen molar-refractivity contribution in [1.29, 1.82) is 0 Å². The monoisotopic (exact) mass is 315 g/mol. The molecule has 0 bridgehead atoms. The summed E-state index contributed by atoms with van der Waals surface area (Å²) in [5, 5.41) is 9.45. The molecule has 0 aliphatic heterocycles. The van der Waals surface area contributed by atoms with Gasteiger partial charge in [-0.05, 0) is 39.2 Å². The predicted octanol–water partition coefficient (Wildman–Crippen LogP) is 3.77. The largest absolute Gasteiger partial charge is 0.306 e. The number of aromatic nitrogens is 3. The van der Waals surface area contributed by atoms with Crippen LogP contribution in [0.4, 0.5) is 0 Å². The van der Waals surface area contributed by atoms with Gasteiger partial charge in [0.1, 0.15) is 5.82 Å². The van der Waals surface area contributed by atoms with E-state index in [1.807, 2.05) is 26.0 Å². The molecule has 116 valence electrons. The Kier molecular flexibility index (Phi) is 4.34.